The number of carbonyl (C=O) groups excluding carboxylic acids is 1. The number of nitrogens with one attached hydrogen (secondary N) is 1. The van der Waals surface area contributed by atoms with Gasteiger partial charge in [0, 0.05) is 24.6 Å². The number of aryl methyl sites for hydroxylation is 2. The molecule has 1 aromatic heterocycles. The number of anilines is 1. The van der Waals surface area contributed by atoms with E-state index in [4.69, 9.17) is 0 Å². The summed E-state index contributed by atoms with van der Waals surface area (Å²) in [6, 6.07) is 12.4. The van der Waals surface area contributed by atoms with E-state index in [2.05, 4.69) is 10.3 Å². The zero-order chi connectivity index (χ0) is 21.9. The monoisotopic (exact) mass is 426 g/mol. The predicted molar refractivity (Wildman–Crippen MR) is 118 cm³/mol. The average molecular weight is 427 g/mol. The number of amides is 1. The summed E-state index contributed by atoms with van der Waals surface area (Å²) in [6.45, 7) is 5.62. The highest BCUT2D eigenvalue weighted by Crippen LogP contribution is 2.26. The molecule has 0 radical (unpaired) electrons. The predicted octanol–water partition coefficient (Wildman–Crippen LogP) is 2.96. The molecule has 0 fully saturated rings. The van der Waals surface area contributed by atoms with E-state index in [0.717, 1.165) is 28.6 Å². The molecule has 0 spiro atoms. The molecule has 0 aliphatic heterocycles. The van der Waals surface area contributed by atoms with Crippen molar-refractivity contribution in [2.24, 2.45) is 0 Å². The van der Waals surface area contributed by atoms with E-state index in [9.17, 15) is 13.2 Å². The highest BCUT2D eigenvalue weighted by Gasteiger charge is 2.30. The molecule has 8 heteroatoms. The first-order valence-electron chi connectivity index (χ1n) is 9.58. The molecule has 7 nitrogen and oxygen atoms in total. The number of rotatable bonds is 7. The van der Waals surface area contributed by atoms with Crippen LogP contribution in [0, 0.1) is 13.8 Å². The first kappa shape index (κ1) is 21.6. The first-order chi connectivity index (χ1) is 14.2. The number of hydrogen-bond acceptors (Lipinski definition) is 4. The quantitative estimate of drug-likeness (QED) is 0.630. The van der Waals surface area contributed by atoms with Crippen LogP contribution in [0.4, 0.5) is 5.69 Å². The molecule has 30 heavy (non-hydrogen) atoms. The number of aromatic nitrogens is 2. The Labute approximate surface area is 177 Å². The molecule has 3 rings (SSSR count). The van der Waals surface area contributed by atoms with Crippen LogP contribution in [0.5, 0.6) is 0 Å². The van der Waals surface area contributed by atoms with Crippen LogP contribution in [0.3, 0.4) is 0 Å². The van der Waals surface area contributed by atoms with Crippen molar-refractivity contribution in [3.05, 3.63) is 77.9 Å². The minimum atomic E-state index is -3.65. The summed E-state index contributed by atoms with van der Waals surface area (Å²) in [5, 5.41) is 2.85. The van der Waals surface area contributed by atoms with Crippen LogP contribution in [0.2, 0.25) is 0 Å². The molecule has 0 aliphatic rings. The summed E-state index contributed by atoms with van der Waals surface area (Å²) < 4.78 is 28.1. The van der Waals surface area contributed by atoms with E-state index in [1.165, 1.54) is 4.31 Å². The number of carbonyl (C=O) groups is 1. The lowest BCUT2D eigenvalue weighted by molar-refractivity contribution is -0.122. The van der Waals surface area contributed by atoms with Gasteiger partial charge in [0.25, 0.3) is 0 Å². The minimum Gasteiger partial charge on any atom is -0.350 e. The lowest BCUT2D eigenvalue weighted by Crippen LogP contribution is -2.48. The summed E-state index contributed by atoms with van der Waals surface area (Å²) >= 11 is 0. The first-order valence-corrected chi connectivity index (χ1v) is 11.4. The fourth-order valence-corrected chi connectivity index (χ4v) is 4.50. The maximum Gasteiger partial charge on any atom is 0.243 e. The number of imidazole rings is 1. The molecule has 0 unspecified atom stereocenters. The Bertz CT molecular complexity index is 1120. The van der Waals surface area contributed by atoms with Gasteiger partial charge >= 0.3 is 0 Å². The summed E-state index contributed by atoms with van der Waals surface area (Å²) in [5.41, 5.74) is 4.12. The Kier molecular flexibility index (Phi) is 6.26. The smallest absolute Gasteiger partial charge is 0.243 e. The van der Waals surface area contributed by atoms with Crippen LogP contribution < -0.4 is 9.62 Å². The summed E-state index contributed by atoms with van der Waals surface area (Å²) in [5.74, 6) is -0.361. The summed E-state index contributed by atoms with van der Waals surface area (Å²) in [4.78, 5) is 16.8. The molecular formula is C22H26N4O3S. The molecule has 2 aromatic carbocycles. The molecule has 1 N–H and O–H groups in total. The van der Waals surface area contributed by atoms with Gasteiger partial charge in [-0.2, -0.15) is 0 Å². The van der Waals surface area contributed by atoms with Crippen molar-refractivity contribution in [3.63, 3.8) is 0 Å². The molecular weight excluding hydrogens is 400 g/mol. The normalized spacial score (nSPS) is 12.4. The largest absolute Gasteiger partial charge is 0.350 e. The molecule has 1 amide bonds. The fourth-order valence-electron chi connectivity index (χ4n) is 3.27. The third-order valence-electron chi connectivity index (χ3n) is 4.90. The highest BCUT2D eigenvalue weighted by molar-refractivity contribution is 7.92. The van der Waals surface area contributed by atoms with Crippen LogP contribution in [-0.4, -0.2) is 36.2 Å². The topological polar surface area (TPSA) is 84.3 Å². The Morgan fingerprint density at radius 3 is 2.47 bits per heavy atom. The van der Waals surface area contributed by atoms with Gasteiger partial charge in [-0.25, -0.2) is 13.4 Å². The number of hydrogen-bond donors (Lipinski definition) is 1. The van der Waals surface area contributed by atoms with Crippen molar-refractivity contribution < 1.29 is 13.2 Å². The molecule has 158 valence electrons. The van der Waals surface area contributed by atoms with Gasteiger partial charge in [0.05, 0.1) is 18.3 Å². The Morgan fingerprint density at radius 2 is 1.87 bits per heavy atom. The van der Waals surface area contributed by atoms with Gasteiger partial charge in [-0.15, -0.1) is 0 Å². The van der Waals surface area contributed by atoms with Gasteiger partial charge in [0.15, 0.2) is 0 Å². The molecule has 0 saturated heterocycles. The van der Waals surface area contributed by atoms with E-state index >= 15 is 0 Å². The average Bonchev–Trinajstić information content (AvgIpc) is 3.23. The molecule has 0 aliphatic carbocycles. The van der Waals surface area contributed by atoms with Gasteiger partial charge in [0.2, 0.25) is 15.9 Å². The third-order valence-corrected chi connectivity index (χ3v) is 6.12. The molecule has 0 saturated carbocycles. The second-order valence-corrected chi connectivity index (χ2v) is 9.24. The SMILES string of the molecule is Cc1ccc(C)c(N([C@@H](C)C(=O)NCc2ccc(-n3ccnc3)cc2)S(C)(=O)=O)c1. The number of nitrogens with zero attached hydrogens (tertiary/aromatic N) is 3. The zero-order valence-electron chi connectivity index (χ0n) is 17.5. The maximum absolute atomic E-state index is 12.8. The van der Waals surface area contributed by atoms with Crippen molar-refractivity contribution >= 4 is 21.6 Å². The van der Waals surface area contributed by atoms with Gasteiger partial charge in [-0.05, 0) is 55.7 Å². The van der Waals surface area contributed by atoms with Gasteiger partial charge in [-0.3, -0.25) is 9.10 Å². The van der Waals surface area contributed by atoms with Gasteiger partial charge in [0.1, 0.15) is 6.04 Å². The van der Waals surface area contributed by atoms with Crippen LogP contribution in [-0.2, 0) is 21.4 Å². The van der Waals surface area contributed by atoms with E-state index < -0.39 is 16.1 Å². The van der Waals surface area contributed by atoms with E-state index in [0.29, 0.717) is 12.2 Å². The number of benzene rings is 2. The fraction of sp³-hybridized carbons (Fsp3) is 0.273. The van der Waals surface area contributed by atoms with E-state index in [1.54, 1.807) is 25.5 Å². The Morgan fingerprint density at radius 1 is 1.17 bits per heavy atom. The lowest BCUT2D eigenvalue weighted by Gasteiger charge is -2.29. The zero-order valence-corrected chi connectivity index (χ0v) is 18.3. The van der Waals surface area contributed by atoms with Crippen molar-refractivity contribution in [1.82, 2.24) is 14.9 Å². The second-order valence-electron chi connectivity index (χ2n) is 7.38. The molecule has 0 bridgehead atoms. The highest BCUT2D eigenvalue weighted by atomic mass is 32.2. The minimum absolute atomic E-state index is 0.303. The van der Waals surface area contributed by atoms with Crippen LogP contribution in [0.1, 0.15) is 23.6 Å². The van der Waals surface area contributed by atoms with Gasteiger partial charge < -0.3 is 9.88 Å². The Hall–Kier alpha value is -3.13. The standard InChI is InChI=1S/C22H26N4O3S/c1-16-5-6-17(2)21(13-16)26(30(4,28)29)18(3)22(27)24-14-19-7-9-20(10-8-19)25-12-11-23-15-25/h5-13,15,18H,14H2,1-4H3,(H,24,27)/t18-/m0/s1. The number of sulfonamides is 1. The molecule has 3 aromatic rings. The molecule has 1 heterocycles. The van der Waals surface area contributed by atoms with Crippen molar-refractivity contribution in [2.45, 2.75) is 33.4 Å². The van der Waals surface area contributed by atoms with E-state index in [-0.39, 0.29) is 5.91 Å². The lowest BCUT2D eigenvalue weighted by atomic mass is 10.1. The third kappa shape index (κ3) is 4.88. The van der Waals surface area contributed by atoms with Crippen molar-refractivity contribution in [3.8, 4) is 5.69 Å². The van der Waals surface area contributed by atoms with Gasteiger partial charge in [-0.1, -0.05) is 24.3 Å². The molecule has 1 atom stereocenters. The van der Waals surface area contributed by atoms with Crippen LogP contribution >= 0.6 is 0 Å². The maximum atomic E-state index is 12.8. The van der Waals surface area contributed by atoms with E-state index in [1.807, 2.05) is 61.0 Å². The summed E-state index contributed by atoms with van der Waals surface area (Å²) in [7, 11) is -3.65. The summed E-state index contributed by atoms with van der Waals surface area (Å²) in [6.07, 6.45) is 6.39. The van der Waals surface area contributed by atoms with Crippen molar-refractivity contribution in [2.75, 3.05) is 10.6 Å². The van der Waals surface area contributed by atoms with Crippen molar-refractivity contribution in [1.29, 1.82) is 0 Å². The van der Waals surface area contributed by atoms with Crippen LogP contribution in [0.25, 0.3) is 5.69 Å². The van der Waals surface area contributed by atoms with Crippen LogP contribution in [0.15, 0.2) is 61.2 Å². The Balaban J connectivity index is 1.73. The second kappa shape index (κ2) is 8.71.